The average Bonchev–Trinajstić information content (AvgIpc) is 2.66. The largest absolute Gasteiger partial charge is 0.353 e. The molecular weight excluding hydrogens is 230 g/mol. The van der Waals surface area contributed by atoms with E-state index in [4.69, 9.17) is 0 Å². The molecule has 0 aliphatic carbocycles. The van der Waals surface area contributed by atoms with E-state index in [1.54, 1.807) is 4.90 Å². The van der Waals surface area contributed by atoms with Gasteiger partial charge in [0.1, 0.15) is 6.04 Å². The van der Waals surface area contributed by atoms with Crippen molar-refractivity contribution in [2.75, 3.05) is 19.6 Å². The first kappa shape index (κ1) is 13.3. The van der Waals surface area contributed by atoms with E-state index in [0.29, 0.717) is 19.5 Å². The van der Waals surface area contributed by atoms with Crippen LogP contribution in [0.1, 0.15) is 39.0 Å². The standard InChI is InChI=1S/C13H23N3O2/c1-2-11-12(17)15-8-9-16(11)13(18)10-6-4-3-5-7-14-10/h10-11,14H,2-9H2,1H3,(H,15,17). The Morgan fingerprint density at radius 3 is 2.94 bits per heavy atom. The molecule has 0 aromatic carbocycles. The van der Waals surface area contributed by atoms with Gasteiger partial charge in [-0.1, -0.05) is 19.8 Å². The summed E-state index contributed by atoms with van der Waals surface area (Å²) in [6.07, 6.45) is 5.01. The minimum atomic E-state index is -0.281. The van der Waals surface area contributed by atoms with Crippen LogP contribution in [0.5, 0.6) is 0 Å². The molecule has 2 aliphatic rings. The highest BCUT2D eigenvalue weighted by atomic mass is 16.2. The molecule has 2 N–H and O–H groups in total. The van der Waals surface area contributed by atoms with Crippen LogP contribution in [0.3, 0.4) is 0 Å². The molecule has 2 rings (SSSR count). The van der Waals surface area contributed by atoms with Crippen molar-refractivity contribution in [2.45, 2.75) is 51.1 Å². The molecule has 0 aromatic rings. The topological polar surface area (TPSA) is 61.4 Å². The van der Waals surface area contributed by atoms with Crippen LogP contribution in [-0.2, 0) is 9.59 Å². The fraction of sp³-hybridized carbons (Fsp3) is 0.846. The SMILES string of the molecule is CCC1C(=O)NCCN1C(=O)C1CCCCCN1. The van der Waals surface area contributed by atoms with Crippen LogP contribution >= 0.6 is 0 Å². The number of hydrogen-bond donors (Lipinski definition) is 2. The minimum absolute atomic E-state index is 0.00859. The summed E-state index contributed by atoms with van der Waals surface area (Å²) in [5.74, 6) is 0.101. The second kappa shape index (κ2) is 6.18. The van der Waals surface area contributed by atoms with Crippen LogP contribution in [0.15, 0.2) is 0 Å². The van der Waals surface area contributed by atoms with E-state index in [0.717, 1.165) is 25.8 Å². The fourth-order valence-corrected chi connectivity index (χ4v) is 2.82. The predicted octanol–water partition coefficient (Wildman–Crippen LogP) is 0.256. The monoisotopic (exact) mass is 253 g/mol. The number of amides is 2. The molecule has 102 valence electrons. The number of hydrogen-bond acceptors (Lipinski definition) is 3. The van der Waals surface area contributed by atoms with Gasteiger partial charge in [-0.15, -0.1) is 0 Å². The minimum Gasteiger partial charge on any atom is -0.353 e. The van der Waals surface area contributed by atoms with Gasteiger partial charge < -0.3 is 15.5 Å². The van der Waals surface area contributed by atoms with Crippen LogP contribution in [-0.4, -0.2) is 48.4 Å². The maximum absolute atomic E-state index is 12.5. The molecule has 5 heteroatoms. The number of nitrogens with zero attached hydrogens (tertiary/aromatic N) is 1. The van der Waals surface area contributed by atoms with Crippen molar-refractivity contribution < 1.29 is 9.59 Å². The smallest absolute Gasteiger partial charge is 0.242 e. The highest BCUT2D eigenvalue weighted by molar-refractivity contribution is 5.90. The lowest BCUT2D eigenvalue weighted by Crippen LogP contribution is -2.60. The lowest BCUT2D eigenvalue weighted by atomic mass is 10.1. The average molecular weight is 253 g/mol. The quantitative estimate of drug-likeness (QED) is 0.742. The van der Waals surface area contributed by atoms with Crippen LogP contribution in [0.25, 0.3) is 0 Å². The first-order valence-electron chi connectivity index (χ1n) is 7.05. The summed E-state index contributed by atoms with van der Waals surface area (Å²) in [5, 5.41) is 6.15. The van der Waals surface area contributed by atoms with Crippen LogP contribution in [0.4, 0.5) is 0 Å². The Balaban J connectivity index is 2.03. The first-order chi connectivity index (χ1) is 8.74. The van der Waals surface area contributed by atoms with E-state index in [9.17, 15) is 9.59 Å². The predicted molar refractivity (Wildman–Crippen MR) is 69.1 cm³/mol. The molecular formula is C13H23N3O2. The number of rotatable bonds is 2. The third-order valence-corrected chi connectivity index (χ3v) is 3.86. The Hall–Kier alpha value is -1.10. The lowest BCUT2D eigenvalue weighted by molar-refractivity contribution is -0.145. The van der Waals surface area contributed by atoms with Gasteiger partial charge in [0, 0.05) is 13.1 Å². The van der Waals surface area contributed by atoms with Crippen molar-refractivity contribution in [2.24, 2.45) is 0 Å². The molecule has 0 radical (unpaired) electrons. The van der Waals surface area contributed by atoms with Crippen LogP contribution in [0, 0.1) is 0 Å². The van der Waals surface area contributed by atoms with E-state index >= 15 is 0 Å². The zero-order valence-electron chi connectivity index (χ0n) is 11.1. The molecule has 2 fully saturated rings. The number of carbonyl (C=O) groups is 2. The van der Waals surface area contributed by atoms with E-state index < -0.39 is 0 Å². The van der Waals surface area contributed by atoms with Gasteiger partial charge in [-0.3, -0.25) is 9.59 Å². The summed E-state index contributed by atoms with van der Waals surface area (Å²) in [6, 6.07) is -0.372. The molecule has 5 nitrogen and oxygen atoms in total. The van der Waals surface area contributed by atoms with Gasteiger partial charge in [0.05, 0.1) is 6.04 Å². The van der Waals surface area contributed by atoms with E-state index in [-0.39, 0.29) is 23.9 Å². The van der Waals surface area contributed by atoms with Crippen molar-refractivity contribution >= 4 is 11.8 Å². The normalized spacial score (nSPS) is 29.6. The molecule has 2 unspecified atom stereocenters. The van der Waals surface area contributed by atoms with Gasteiger partial charge in [-0.05, 0) is 25.8 Å². The highest BCUT2D eigenvalue weighted by Crippen LogP contribution is 2.15. The zero-order valence-corrected chi connectivity index (χ0v) is 11.1. The molecule has 2 atom stereocenters. The van der Waals surface area contributed by atoms with Crippen molar-refractivity contribution in [3.8, 4) is 0 Å². The summed E-state index contributed by atoms with van der Waals surface area (Å²) < 4.78 is 0. The van der Waals surface area contributed by atoms with Gasteiger partial charge in [0.2, 0.25) is 11.8 Å². The van der Waals surface area contributed by atoms with E-state index in [1.165, 1.54) is 6.42 Å². The zero-order chi connectivity index (χ0) is 13.0. The number of piperazine rings is 1. The van der Waals surface area contributed by atoms with Crippen molar-refractivity contribution in [1.29, 1.82) is 0 Å². The van der Waals surface area contributed by atoms with Gasteiger partial charge in [0.25, 0.3) is 0 Å². The van der Waals surface area contributed by atoms with Crippen molar-refractivity contribution in [3.05, 3.63) is 0 Å². The fourth-order valence-electron chi connectivity index (χ4n) is 2.82. The molecule has 2 heterocycles. The number of nitrogens with one attached hydrogen (secondary N) is 2. The van der Waals surface area contributed by atoms with Gasteiger partial charge in [0.15, 0.2) is 0 Å². The maximum atomic E-state index is 12.5. The molecule has 0 bridgehead atoms. The summed E-state index contributed by atoms with van der Waals surface area (Å²) in [4.78, 5) is 26.0. The molecule has 2 aliphatic heterocycles. The Morgan fingerprint density at radius 1 is 1.33 bits per heavy atom. The number of carbonyl (C=O) groups excluding carboxylic acids is 2. The van der Waals surface area contributed by atoms with Gasteiger partial charge >= 0.3 is 0 Å². The van der Waals surface area contributed by atoms with Crippen molar-refractivity contribution in [3.63, 3.8) is 0 Å². The molecule has 2 saturated heterocycles. The second-order valence-electron chi connectivity index (χ2n) is 5.10. The Bertz CT molecular complexity index is 311. The molecule has 0 saturated carbocycles. The third kappa shape index (κ3) is 2.83. The van der Waals surface area contributed by atoms with E-state index in [2.05, 4.69) is 10.6 Å². The second-order valence-corrected chi connectivity index (χ2v) is 5.10. The summed E-state index contributed by atoms with van der Waals surface area (Å²) in [6.45, 7) is 4.08. The summed E-state index contributed by atoms with van der Waals surface area (Å²) >= 11 is 0. The van der Waals surface area contributed by atoms with Crippen LogP contribution in [0.2, 0.25) is 0 Å². The third-order valence-electron chi connectivity index (χ3n) is 3.86. The Labute approximate surface area is 108 Å². The Morgan fingerprint density at radius 2 is 2.17 bits per heavy atom. The van der Waals surface area contributed by atoms with E-state index in [1.807, 2.05) is 6.92 Å². The van der Waals surface area contributed by atoms with Crippen molar-refractivity contribution in [1.82, 2.24) is 15.5 Å². The summed E-state index contributed by atoms with van der Waals surface area (Å²) in [5.41, 5.74) is 0. The van der Waals surface area contributed by atoms with Gasteiger partial charge in [-0.25, -0.2) is 0 Å². The first-order valence-corrected chi connectivity index (χ1v) is 7.05. The summed E-state index contributed by atoms with van der Waals surface area (Å²) in [7, 11) is 0. The van der Waals surface area contributed by atoms with Gasteiger partial charge in [-0.2, -0.15) is 0 Å². The lowest BCUT2D eigenvalue weighted by Gasteiger charge is -2.36. The molecule has 18 heavy (non-hydrogen) atoms. The maximum Gasteiger partial charge on any atom is 0.242 e. The molecule has 2 amide bonds. The Kier molecular flexibility index (Phi) is 4.58. The highest BCUT2D eigenvalue weighted by Gasteiger charge is 2.34. The molecule has 0 spiro atoms. The molecule has 0 aromatic heterocycles. The van der Waals surface area contributed by atoms with Crippen LogP contribution < -0.4 is 10.6 Å².